The van der Waals surface area contributed by atoms with Gasteiger partial charge in [0.15, 0.2) is 0 Å². The summed E-state index contributed by atoms with van der Waals surface area (Å²) in [5, 5.41) is 8.74. The highest BCUT2D eigenvalue weighted by molar-refractivity contribution is 8.64. The quantitative estimate of drug-likeness (QED) is 0.630. The van der Waals surface area contributed by atoms with Crippen molar-refractivity contribution in [3.05, 3.63) is 40.5 Å². The molecule has 0 atom stereocenters. The fourth-order valence-electron chi connectivity index (χ4n) is 1.23. The summed E-state index contributed by atoms with van der Waals surface area (Å²) in [4.78, 5) is 3.08. The molecule has 0 radical (unpaired) electrons. The molecule has 0 aromatic heterocycles. The molecule has 0 spiro atoms. The first-order valence-corrected chi connectivity index (χ1v) is 12.0. The molecule has 0 aliphatic carbocycles. The van der Waals surface area contributed by atoms with Crippen LogP contribution in [0.1, 0.15) is 31.9 Å². The molecule has 0 unspecified atom stereocenters. The van der Waals surface area contributed by atoms with Gasteiger partial charge in [0, 0.05) is 57.9 Å². The second kappa shape index (κ2) is 10.2. The average molecular weight is 395 g/mol. The van der Waals surface area contributed by atoms with Gasteiger partial charge in [-0.1, -0.05) is 26.3 Å². The molecule has 0 bridgehead atoms. The van der Waals surface area contributed by atoms with Crippen molar-refractivity contribution < 1.29 is 4.39 Å². The summed E-state index contributed by atoms with van der Waals surface area (Å²) >= 11 is 9.03. The van der Waals surface area contributed by atoms with Gasteiger partial charge in [-0.05, 0) is 17.5 Å². The molecule has 0 amide bonds. The van der Waals surface area contributed by atoms with Crippen LogP contribution in [-0.2, 0) is 63.3 Å². The third-order valence-corrected chi connectivity index (χ3v) is 8.91. The Balaban J connectivity index is 0.000000567. The van der Waals surface area contributed by atoms with Crippen LogP contribution in [0.25, 0.3) is 4.85 Å². The van der Waals surface area contributed by atoms with Crippen LogP contribution in [0, 0.1) is 23.7 Å². The zero-order valence-corrected chi connectivity index (χ0v) is 16.3. The highest BCUT2D eigenvalue weighted by Crippen LogP contribution is 2.30. The molecule has 1 aromatic rings. The molecule has 0 N–H and O–H groups in total. The highest BCUT2D eigenvalue weighted by atomic mass is 33.3. The lowest BCUT2D eigenvalue weighted by Crippen LogP contribution is -2.11. The van der Waals surface area contributed by atoms with E-state index in [9.17, 15) is 4.39 Å². The lowest BCUT2D eigenvalue weighted by molar-refractivity contribution is 0.583. The molecular formula is C12H11FN2S6. The van der Waals surface area contributed by atoms with Crippen LogP contribution >= 0.6 is 0 Å². The van der Waals surface area contributed by atoms with E-state index in [1.165, 1.54) is 47.7 Å². The van der Waals surface area contributed by atoms with Crippen molar-refractivity contribution >= 4 is 63.6 Å². The molecule has 0 saturated carbocycles. The van der Waals surface area contributed by atoms with Gasteiger partial charge in [0.25, 0.3) is 0 Å². The Labute approximate surface area is 145 Å². The Hall–Kier alpha value is -0.550. The van der Waals surface area contributed by atoms with E-state index in [-0.39, 0.29) is 16.7 Å². The van der Waals surface area contributed by atoms with Gasteiger partial charge >= 0.3 is 0 Å². The van der Waals surface area contributed by atoms with Crippen molar-refractivity contribution in [2.24, 2.45) is 0 Å². The summed E-state index contributed by atoms with van der Waals surface area (Å²) in [6.45, 7) is 12.7. The van der Waals surface area contributed by atoms with Crippen molar-refractivity contribution in [2.45, 2.75) is 26.2 Å². The molecule has 112 valence electrons. The normalized spacial score (nSPS) is 9.24. The molecule has 1 aromatic carbocycles. The molecule has 0 aliphatic heterocycles. The molecule has 21 heavy (non-hydrogen) atoms. The number of rotatable bonds is 0. The average Bonchev–Trinajstić information content (AvgIpc) is 2.44. The van der Waals surface area contributed by atoms with Gasteiger partial charge in [0.2, 0.25) is 5.69 Å². The Morgan fingerprint density at radius 3 is 2.10 bits per heavy atom. The minimum absolute atomic E-state index is 0.0616. The van der Waals surface area contributed by atoms with Crippen LogP contribution in [0.3, 0.4) is 0 Å². The van der Waals surface area contributed by atoms with Crippen molar-refractivity contribution in [1.82, 2.24) is 0 Å². The zero-order valence-electron chi connectivity index (χ0n) is 11.4. The Kier molecular flexibility index (Phi) is 9.95. The minimum atomic E-state index is -0.722. The maximum Gasteiger partial charge on any atom is 0.223 e. The topological polar surface area (TPSA) is 28.1 Å². The maximum absolute atomic E-state index is 13.4. The van der Waals surface area contributed by atoms with E-state index in [2.05, 4.69) is 27.2 Å². The lowest BCUT2D eigenvalue weighted by Gasteiger charge is -2.19. The number of hydrogen-bond donors (Lipinski definition) is 0. The summed E-state index contributed by atoms with van der Waals surface area (Å²) in [5.41, 5.74) is 0.456. The van der Waals surface area contributed by atoms with E-state index < -0.39 is 5.82 Å². The number of benzene rings is 1. The Morgan fingerprint density at radius 2 is 1.76 bits per heavy atom. The molecule has 0 heterocycles. The smallest absolute Gasteiger partial charge is 0.223 e. The molecule has 0 saturated heterocycles. The van der Waals surface area contributed by atoms with Gasteiger partial charge in [-0.25, -0.2) is 9.24 Å². The Bertz CT molecular complexity index is 705. The van der Waals surface area contributed by atoms with Crippen LogP contribution < -0.4 is 0 Å². The summed E-state index contributed by atoms with van der Waals surface area (Å²) in [7, 11) is 5.63. The molecule has 2 nitrogen and oxygen atoms in total. The van der Waals surface area contributed by atoms with Crippen LogP contribution in [0.5, 0.6) is 0 Å². The number of nitriles is 1. The minimum Gasteiger partial charge on any atom is -0.235 e. The third kappa shape index (κ3) is 7.32. The first kappa shape index (κ1) is 20.5. The fourth-order valence-corrected chi connectivity index (χ4v) is 6.72. The SMILES string of the molecule is S=S=S=S=S=S.[C-]#[N+]c1cc(C(C)(C)C)cc(C#N)c1F. The maximum atomic E-state index is 13.4. The van der Waals surface area contributed by atoms with E-state index in [1.807, 2.05) is 20.8 Å². The van der Waals surface area contributed by atoms with E-state index >= 15 is 0 Å². The van der Waals surface area contributed by atoms with Gasteiger partial charge in [0.1, 0.15) is 11.9 Å². The van der Waals surface area contributed by atoms with Gasteiger partial charge in [-0.15, -0.1) is 0 Å². The Morgan fingerprint density at radius 1 is 1.24 bits per heavy atom. The van der Waals surface area contributed by atoms with Crippen molar-refractivity contribution in [3.8, 4) is 6.07 Å². The van der Waals surface area contributed by atoms with E-state index in [4.69, 9.17) is 11.8 Å². The summed E-state index contributed by atoms with van der Waals surface area (Å²) < 4.78 is 13.4. The van der Waals surface area contributed by atoms with Gasteiger partial charge in [-0.2, -0.15) is 5.26 Å². The van der Waals surface area contributed by atoms with E-state index in [1.54, 1.807) is 6.07 Å². The molecule has 1 rings (SSSR count). The van der Waals surface area contributed by atoms with Gasteiger partial charge in [-0.3, -0.25) is 0 Å². The van der Waals surface area contributed by atoms with Crippen LogP contribution in [-0.4, -0.2) is 0 Å². The lowest BCUT2D eigenvalue weighted by atomic mass is 9.86. The van der Waals surface area contributed by atoms with Crippen molar-refractivity contribution in [2.75, 3.05) is 0 Å². The van der Waals surface area contributed by atoms with E-state index in [0.717, 1.165) is 5.56 Å². The summed E-state index contributed by atoms with van der Waals surface area (Å²) in [6.07, 6.45) is 0. The number of nitrogens with zero attached hydrogens (tertiary/aromatic N) is 2. The first-order valence-electron chi connectivity index (χ1n) is 5.35. The predicted octanol–water partition coefficient (Wildman–Crippen LogP) is 3.53. The first-order chi connectivity index (χ1) is 9.81. The molecule has 9 heteroatoms. The highest BCUT2D eigenvalue weighted by Gasteiger charge is 2.18. The van der Waals surface area contributed by atoms with Gasteiger partial charge < -0.3 is 0 Å². The van der Waals surface area contributed by atoms with Crippen LogP contribution in [0.4, 0.5) is 10.1 Å². The second-order valence-electron chi connectivity index (χ2n) is 4.60. The summed E-state index contributed by atoms with van der Waals surface area (Å²) in [6, 6.07) is 4.77. The predicted molar refractivity (Wildman–Crippen MR) is 100 cm³/mol. The van der Waals surface area contributed by atoms with E-state index in [0.29, 0.717) is 0 Å². The summed E-state index contributed by atoms with van der Waals surface area (Å²) in [5.74, 6) is -0.722. The number of halogens is 1. The largest absolute Gasteiger partial charge is 0.235 e. The fraction of sp³-hybridized carbons (Fsp3) is 0.333. The number of hydrogen-bond acceptors (Lipinski definition) is 3. The zero-order chi connectivity index (χ0) is 16.5. The van der Waals surface area contributed by atoms with Crippen LogP contribution in [0.15, 0.2) is 12.1 Å². The monoisotopic (exact) mass is 394 g/mol. The second-order valence-corrected chi connectivity index (χ2v) is 11.7. The molecule has 0 aliphatic rings. The molecular weight excluding hydrogens is 384 g/mol. The third-order valence-electron chi connectivity index (χ3n) is 2.24. The van der Waals surface area contributed by atoms with Crippen LogP contribution in [0.2, 0.25) is 0 Å². The van der Waals surface area contributed by atoms with Crippen molar-refractivity contribution in [1.29, 1.82) is 5.26 Å². The molecule has 0 fully saturated rings. The standard InChI is InChI=1S/C12H11FN2.S6/c1-12(2,3)9-5-8(7-14)11(13)10(6-9)15-4;1-3-5-6-4-2/h5-6H,1-3H3;. The van der Waals surface area contributed by atoms with Gasteiger partial charge in [0.05, 0.1) is 12.1 Å². The van der Waals surface area contributed by atoms with Crippen molar-refractivity contribution in [3.63, 3.8) is 0 Å².